The molecule has 1 aromatic rings. The number of ketones is 2. The number of carbonyl (C=O) groups is 2. The number of hydrogen-bond donors (Lipinski definition) is 0. The van der Waals surface area contributed by atoms with E-state index in [0.29, 0.717) is 17.6 Å². The fraction of sp³-hybridized carbons (Fsp3) is 0.143. The fourth-order valence-corrected chi connectivity index (χ4v) is 1.73. The average molecular weight is 212 g/mol. The van der Waals surface area contributed by atoms with E-state index in [4.69, 9.17) is 0 Å². The lowest BCUT2D eigenvalue weighted by Gasteiger charge is -2.11. The van der Waals surface area contributed by atoms with Gasteiger partial charge in [-0.25, -0.2) is 0 Å². The summed E-state index contributed by atoms with van der Waals surface area (Å²) in [5.41, 5.74) is 2.23. The van der Waals surface area contributed by atoms with E-state index in [0.717, 1.165) is 5.56 Å². The second-order valence-corrected chi connectivity index (χ2v) is 3.83. The van der Waals surface area contributed by atoms with E-state index < -0.39 is 0 Å². The summed E-state index contributed by atoms with van der Waals surface area (Å²) in [5.74, 6) is -0.119. The highest BCUT2D eigenvalue weighted by molar-refractivity contribution is 6.19. The largest absolute Gasteiger partial charge is 0.290 e. The van der Waals surface area contributed by atoms with Gasteiger partial charge in [-0.3, -0.25) is 9.59 Å². The molecular formula is C14H12O2. The smallest absolute Gasteiger partial charge is 0.182 e. The molecule has 0 aromatic heterocycles. The molecule has 1 aromatic carbocycles. The molecule has 0 radical (unpaired) electrons. The highest BCUT2D eigenvalue weighted by Crippen LogP contribution is 2.18. The predicted molar refractivity (Wildman–Crippen MR) is 62.0 cm³/mol. The third-order valence-corrected chi connectivity index (χ3v) is 2.73. The molecule has 0 amide bonds. The van der Waals surface area contributed by atoms with Gasteiger partial charge in [-0.1, -0.05) is 30.3 Å². The Kier molecular flexibility index (Phi) is 2.82. The molecule has 1 aliphatic carbocycles. The van der Waals surface area contributed by atoms with E-state index in [2.05, 4.69) is 0 Å². The van der Waals surface area contributed by atoms with Crippen molar-refractivity contribution in [1.29, 1.82) is 0 Å². The molecule has 0 saturated heterocycles. The minimum Gasteiger partial charge on any atom is -0.290 e. The summed E-state index contributed by atoms with van der Waals surface area (Å²) in [6, 6.07) is 9.69. The molecule has 2 rings (SSSR count). The molecule has 0 aliphatic heterocycles. The Labute approximate surface area is 94.3 Å². The normalized spacial score (nSPS) is 15.8. The van der Waals surface area contributed by atoms with Crippen LogP contribution in [-0.2, 0) is 16.0 Å². The van der Waals surface area contributed by atoms with Crippen LogP contribution in [0.2, 0.25) is 0 Å². The quantitative estimate of drug-likeness (QED) is 0.704. The van der Waals surface area contributed by atoms with Gasteiger partial charge in [0.05, 0.1) is 0 Å². The summed E-state index contributed by atoms with van der Waals surface area (Å²) in [6.45, 7) is 1.71. The van der Waals surface area contributed by atoms with E-state index in [1.54, 1.807) is 6.92 Å². The molecule has 2 heteroatoms. The third-order valence-electron chi connectivity index (χ3n) is 2.73. The summed E-state index contributed by atoms with van der Waals surface area (Å²) in [5, 5.41) is 0. The van der Waals surface area contributed by atoms with Crippen LogP contribution in [0.3, 0.4) is 0 Å². The fourth-order valence-electron chi connectivity index (χ4n) is 1.73. The van der Waals surface area contributed by atoms with Crippen molar-refractivity contribution in [2.45, 2.75) is 13.3 Å². The van der Waals surface area contributed by atoms with Crippen molar-refractivity contribution in [3.63, 3.8) is 0 Å². The van der Waals surface area contributed by atoms with Crippen LogP contribution < -0.4 is 0 Å². The van der Waals surface area contributed by atoms with E-state index in [1.165, 1.54) is 12.2 Å². The number of hydrogen-bond acceptors (Lipinski definition) is 2. The molecule has 16 heavy (non-hydrogen) atoms. The zero-order valence-corrected chi connectivity index (χ0v) is 9.07. The molecular weight excluding hydrogens is 200 g/mol. The second-order valence-electron chi connectivity index (χ2n) is 3.83. The number of carbonyl (C=O) groups excluding carboxylic acids is 2. The summed E-state index contributed by atoms with van der Waals surface area (Å²) in [4.78, 5) is 23.1. The van der Waals surface area contributed by atoms with Crippen molar-refractivity contribution in [3.8, 4) is 0 Å². The van der Waals surface area contributed by atoms with Gasteiger partial charge in [0.15, 0.2) is 11.6 Å². The molecule has 0 spiro atoms. The SMILES string of the molecule is CC1=C(Cc2ccccc2)C(=O)C=CC1=O. The van der Waals surface area contributed by atoms with Crippen LogP contribution in [-0.4, -0.2) is 11.6 Å². The molecule has 0 heterocycles. The maximum atomic E-state index is 11.7. The Bertz CT molecular complexity index is 493. The number of benzene rings is 1. The first kappa shape index (κ1) is 10.6. The molecule has 0 unspecified atom stereocenters. The van der Waals surface area contributed by atoms with Gasteiger partial charge in [-0.15, -0.1) is 0 Å². The van der Waals surface area contributed by atoms with Gasteiger partial charge in [-0.05, 0) is 24.6 Å². The summed E-state index contributed by atoms with van der Waals surface area (Å²) >= 11 is 0. The van der Waals surface area contributed by atoms with Crippen LogP contribution in [0, 0.1) is 0 Å². The van der Waals surface area contributed by atoms with Crippen molar-refractivity contribution < 1.29 is 9.59 Å². The van der Waals surface area contributed by atoms with E-state index in [1.807, 2.05) is 30.3 Å². The van der Waals surface area contributed by atoms with Crippen molar-refractivity contribution in [1.82, 2.24) is 0 Å². The van der Waals surface area contributed by atoms with Crippen molar-refractivity contribution in [2.75, 3.05) is 0 Å². The number of allylic oxidation sites excluding steroid dienone is 4. The first-order valence-corrected chi connectivity index (χ1v) is 5.19. The number of rotatable bonds is 2. The molecule has 1 aliphatic rings. The minimum atomic E-state index is -0.0643. The lowest BCUT2D eigenvalue weighted by atomic mass is 9.91. The van der Waals surface area contributed by atoms with Gasteiger partial charge in [0, 0.05) is 17.6 Å². The van der Waals surface area contributed by atoms with Gasteiger partial charge in [0.1, 0.15) is 0 Å². The minimum absolute atomic E-state index is 0.0547. The topological polar surface area (TPSA) is 34.1 Å². The van der Waals surface area contributed by atoms with E-state index in [9.17, 15) is 9.59 Å². The zero-order valence-electron chi connectivity index (χ0n) is 9.07. The van der Waals surface area contributed by atoms with Crippen molar-refractivity contribution in [2.24, 2.45) is 0 Å². The Morgan fingerprint density at radius 3 is 2.25 bits per heavy atom. The summed E-state index contributed by atoms with van der Waals surface area (Å²) < 4.78 is 0. The standard InChI is InChI=1S/C14H12O2/c1-10-12(14(16)8-7-13(10)15)9-11-5-3-2-4-6-11/h2-8H,9H2,1H3. The van der Waals surface area contributed by atoms with Gasteiger partial charge >= 0.3 is 0 Å². The van der Waals surface area contributed by atoms with Crippen molar-refractivity contribution >= 4 is 11.6 Å². The highest BCUT2D eigenvalue weighted by atomic mass is 16.1. The maximum absolute atomic E-state index is 11.7. The molecule has 0 fully saturated rings. The maximum Gasteiger partial charge on any atom is 0.182 e. The lowest BCUT2D eigenvalue weighted by Crippen LogP contribution is -2.14. The summed E-state index contributed by atoms with van der Waals surface area (Å²) in [6.07, 6.45) is 3.22. The Hall–Kier alpha value is -1.96. The lowest BCUT2D eigenvalue weighted by molar-refractivity contribution is -0.115. The van der Waals surface area contributed by atoms with Crippen LogP contribution in [0.1, 0.15) is 12.5 Å². The molecule has 2 nitrogen and oxygen atoms in total. The van der Waals surface area contributed by atoms with Crippen LogP contribution in [0.15, 0.2) is 53.6 Å². The van der Waals surface area contributed by atoms with Gasteiger partial charge in [0.2, 0.25) is 0 Å². The first-order valence-electron chi connectivity index (χ1n) is 5.19. The van der Waals surface area contributed by atoms with Crippen LogP contribution >= 0.6 is 0 Å². The Morgan fingerprint density at radius 1 is 0.938 bits per heavy atom. The molecule has 80 valence electrons. The first-order chi connectivity index (χ1) is 7.68. The Balaban J connectivity index is 2.31. The van der Waals surface area contributed by atoms with Crippen molar-refractivity contribution in [3.05, 3.63) is 59.2 Å². The molecule has 0 N–H and O–H groups in total. The highest BCUT2D eigenvalue weighted by Gasteiger charge is 2.18. The van der Waals surface area contributed by atoms with Gasteiger partial charge < -0.3 is 0 Å². The summed E-state index contributed by atoms with van der Waals surface area (Å²) in [7, 11) is 0. The average Bonchev–Trinajstić information content (AvgIpc) is 2.31. The predicted octanol–water partition coefficient (Wildman–Crippen LogP) is 2.25. The monoisotopic (exact) mass is 212 g/mol. The third kappa shape index (κ3) is 2.01. The Morgan fingerprint density at radius 2 is 1.56 bits per heavy atom. The van der Waals surface area contributed by atoms with Crippen LogP contribution in [0.25, 0.3) is 0 Å². The molecule has 0 bridgehead atoms. The van der Waals surface area contributed by atoms with Crippen LogP contribution in [0.5, 0.6) is 0 Å². The van der Waals surface area contributed by atoms with Crippen LogP contribution in [0.4, 0.5) is 0 Å². The molecule has 0 atom stereocenters. The van der Waals surface area contributed by atoms with Gasteiger partial charge in [0.25, 0.3) is 0 Å². The zero-order chi connectivity index (χ0) is 11.5. The van der Waals surface area contributed by atoms with E-state index >= 15 is 0 Å². The van der Waals surface area contributed by atoms with E-state index in [-0.39, 0.29) is 11.6 Å². The second kappa shape index (κ2) is 4.27. The molecule has 0 saturated carbocycles. The van der Waals surface area contributed by atoms with Gasteiger partial charge in [-0.2, -0.15) is 0 Å².